The lowest BCUT2D eigenvalue weighted by Crippen LogP contribution is -2.16. The fourth-order valence-electron chi connectivity index (χ4n) is 1.37. The Morgan fingerprint density at radius 3 is 2.72 bits per heavy atom. The molecule has 0 aliphatic carbocycles. The fraction of sp³-hybridized carbons (Fsp3) is 0. The zero-order valence-corrected chi connectivity index (χ0v) is 9.11. The summed E-state index contributed by atoms with van der Waals surface area (Å²) in [4.78, 5) is 25.3. The first-order valence-corrected chi connectivity index (χ1v) is 5.05. The van der Waals surface area contributed by atoms with E-state index < -0.39 is 11.7 Å². The zero-order valence-electron chi connectivity index (χ0n) is 9.11. The molecule has 92 valence electrons. The maximum Gasteiger partial charge on any atom is 0.272 e. The molecule has 0 bridgehead atoms. The summed E-state index contributed by atoms with van der Waals surface area (Å²) in [6.45, 7) is 0. The van der Waals surface area contributed by atoms with Gasteiger partial charge in [-0.25, -0.2) is 4.39 Å². The van der Waals surface area contributed by atoms with Crippen molar-refractivity contribution >= 4 is 11.6 Å². The normalized spacial score (nSPS) is 10.1. The third kappa shape index (κ3) is 2.54. The molecule has 2 rings (SSSR count). The highest BCUT2D eigenvalue weighted by Gasteiger charge is 2.10. The van der Waals surface area contributed by atoms with Crippen LogP contribution in [0.3, 0.4) is 0 Å². The summed E-state index contributed by atoms with van der Waals surface area (Å²) >= 11 is 0. The molecule has 2 aromatic rings. The molecule has 0 atom stereocenters. The lowest BCUT2D eigenvalue weighted by molar-refractivity contribution is 0.102. The Morgan fingerprint density at radius 2 is 2.06 bits per heavy atom. The minimum Gasteiger partial charge on any atom is -0.508 e. The van der Waals surface area contributed by atoms with Gasteiger partial charge in [-0.3, -0.25) is 9.59 Å². The number of phenolic OH excluding ortho intramolecular Hbond substituents is 1. The van der Waals surface area contributed by atoms with E-state index in [2.05, 4.69) is 10.3 Å². The van der Waals surface area contributed by atoms with Crippen molar-refractivity contribution in [2.75, 3.05) is 5.32 Å². The molecule has 0 spiro atoms. The van der Waals surface area contributed by atoms with Gasteiger partial charge in [-0.2, -0.15) is 0 Å². The van der Waals surface area contributed by atoms with Crippen molar-refractivity contribution < 1.29 is 14.3 Å². The van der Waals surface area contributed by atoms with Crippen LogP contribution in [0.25, 0.3) is 0 Å². The van der Waals surface area contributed by atoms with E-state index in [-0.39, 0.29) is 22.6 Å². The first kappa shape index (κ1) is 11.8. The Bertz CT molecular complexity index is 652. The number of carbonyl (C=O) groups excluding carboxylic acids is 1. The molecule has 1 aromatic carbocycles. The molecule has 0 radical (unpaired) electrons. The van der Waals surface area contributed by atoms with Crippen LogP contribution in [0.1, 0.15) is 10.5 Å². The van der Waals surface area contributed by atoms with Gasteiger partial charge in [0, 0.05) is 24.4 Å². The lowest BCUT2D eigenvalue weighted by atomic mass is 10.2. The monoisotopic (exact) mass is 248 g/mol. The van der Waals surface area contributed by atoms with Crippen LogP contribution in [-0.4, -0.2) is 16.0 Å². The fourth-order valence-corrected chi connectivity index (χ4v) is 1.37. The molecule has 1 amide bonds. The highest BCUT2D eigenvalue weighted by atomic mass is 19.1. The number of benzene rings is 1. The summed E-state index contributed by atoms with van der Waals surface area (Å²) in [5.74, 6) is -1.64. The van der Waals surface area contributed by atoms with Crippen molar-refractivity contribution in [2.24, 2.45) is 0 Å². The van der Waals surface area contributed by atoms with Gasteiger partial charge in [0.1, 0.15) is 17.3 Å². The summed E-state index contributed by atoms with van der Waals surface area (Å²) < 4.78 is 13.4. The molecule has 0 saturated carbocycles. The second kappa shape index (κ2) is 4.70. The number of halogens is 1. The third-order valence-corrected chi connectivity index (χ3v) is 2.22. The quantitative estimate of drug-likeness (QED) is 0.704. The van der Waals surface area contributed by atoms with Crippen molar-refractivity contribution in [2.45, 2.75) is 0 Å². The Kier molecular flexibility index (Phi) is 3.09. The number of anilines is 1. The van der Waals surface area contributed by atoms with Crippen LogP contribution >= 0.6 is 0 Å². The van der Waals surface area contributed by atoms with Crippen molar-refractivity contribution in [1.29, 1.82) is 0 Å². The number of amides is 1. The predicted octanol–water partition coefficient (Wildman–Crippen LogP) is 1.47. The Balaban J connectivity index is 2.24. The van der Waals surface area contributed by atoms with Crippen LogP contribution in [0.5, 0.6) is 5.75 Å². The van der Waals surface area contributed by atoms with Gasteiger partial charge in [0.25, 0.3) is 5.91 Å². The number of aromatic hydroxyl groups is 1. The average molecular weight is 248 g/mol. The summed E-state index contributed by atoms with van der Waals surface area (Å²) in [5, 5.41) is 11.3. The number of rotatable bonds is 2. The zero-order chi connectivity index (χ0) is 13.1. The van der Waals surface area contributed by atoms with Crippen molar-refractivity contribution in [3.63, 3.8) is 0 Å². The first-order valence-electron chi connectivity index (χ1n) is 5.05. The van der Waals surface area contributed by atoms with Gasteiger partial charge in [-0.1, -0.05) is 0 Å². The van der Waals surface area contributed by atoms with Crippen LogP contribution in [-0.2, 0) is 0 Å². The summed E-state index contributed by atoms with van der Waals surface area (Å²) in [6, 6.07) is 5.71. The molecule has 5 nitrogen and oxygen atoms in total. The molecule has 0 fully saturated rings. The Morgan fingerprint density at radius 1 is 1.28 bits per heavy atom. The largest absolute Gasteiger partial charge is 0.508 e. The van der Waals surface area contributed by atoms with Gasteiger partial charge in [-0.05, 0) is 12.1 Å². The second-order valence-corrected chi connectivity index (χ2v) is 3.56. The molecule has 0 unspecified atom stereocenters. The molecular weight excluding hydrogens is 239 g/mol. The molecule has 0 saturated heterocycles. The number of nitrogens with one attached hydrogen (secondary N) is 2. The van der Waals surface area contributed by atoms with Crippen LogP contribution in [0.4, 0.5) is 10.1 Å². The highest BCUT2D eigenvalue weighted by molar-refractivity contribution is 6.02. The molecule has 6 heteroatoms. The van der Waals surface area contributed by atoms with E-state index in [4.69, 9.17) is 5.11 Å². The topological polar surface area (TPSA) is 82.2 Å². The number of hydrogen-bond donors (Lipinski definition) is 3. The predicted molar refractivity (Wildman–Crippen MR) is 63.1 cm³/mol. The first-order chi connectivity index (χ1) is 8.56. The van der Waals surface area contributed by atoms with Crippen LogP contribution in [0.2, 0.25) is 0 Å². The molecule has 1 aromatic heterocycles. The molecule has 3 N–H and O–H groups in total. The van der Waals surface area contributed by atoms with Crippen LogP contribution < -0.4 is 10.7 Å². The van der Waals surface area contributed by atoms with Crippen LogP contribution in [0.15, 0.2) is 41.3 Å². The van der Waals surface area contributed by atoms with Gasteiger partial charge in [0.15, 0.2) is 5.43 Å². The third-order valence-electron chi connectivity index (χ3n) is 2.22. The maximum absolute atomic E-state index is 13.4. The number of aromatic nitrogens is 1. The van der Waals surface area contributed by atoms with Gasteiger partial charge < -0.3 is 15.4 Å². The number of aromatic amines is 1. The second-order valence-electron chi connectivity index (χ2n) is 3.56. The molecule has 1 heterocycles. The molecular formula is C12H9FN2O3. The average Bonchev–Trinajstić information content (AvgIpc) is 2.32. The highest BCUT2D eigenvalue weighted by Crippen LogP contribution is 2.19. The number of pyridine rings is 1. The summed E-state index contributed by atoms with van der Waals surface area (Å²) in [5.41, 5.74) is -0.387. The maximum atomic E-state index is 13.4. The van der Waals surface area contributed by atoms with Crippen molar-refractivity contribution in [1.82, 2.24) is 4.98 Å². The van der Waals surface area contributed by atoms with E-state index >= 15 is 0 Å². The number of H-pyrrole nitrogens is 1. The molecule has 0 aliphatic heterocycles. The molecule has 0 aliphatic rings. The molecule has 18 heavy (non-hydrogen) atoms. The van der Waals surface area contributed by atoms with Gasteiger partial charge in [0.2, 0.25) is 0 Å². The van der Waals surface area contributed by atoms with Crippen molar-refractivity contribution in [3.05, 3.63) is 58.3 Å². The van der Waals surface area contributed by atoms with E-state index in [1.165, 1.54) is 24.4 Å². The SMILES string of the molecule is O=C(Nc1ccc(O)cc1F)c1cc(=O)cc[nH]1. The summed E-state index contributed by atoms with van der Waals surface area (Å²) in [6.07, 6.45) is 1.32. The van der Waals surface area contributed by atoms with Gasteiger partial charge in [0.05, 0.1) is 5.69 Å². The van der Waals surface area contributed by atoms with Crippen LogP contribution in [0, 0.1) is 5.82 Å². The minimum atomic E-state index is -0.762. The Labute approximate surface area is 101 Å². The summed E-state index contributed by atoms with van der Waals surface area (Å²) in [7, 11) is 0. The van der Waals surface area contributed by atoms with Crippen molar-refractivity contribution in [3.8, 4) is 5.75 Å². The van der Waals surface area contributed by atoms with E-state index in [0.29, 0.717) is 0 Å². The van der Waals surface area contributed by atoms with E-state index in [0.717, 1.165) is 12.1 Å². The standard InChI is InChI=1S/C12H9FN2O3/c13-9-5-7(16)1-2-10(9)15-12(18)11-6-8(17)3-4-14-11/h1-6,16H,(H,14,17)(H,15,18). The lowest BCUT2D eigenvalue weighted by Gasteiger charge is -2.06. The van der Waals surface area contributed by atoms with E-state index in [9.17, 15) is 14.0 Å². The number of phenols is 1. The van der Waals surface area contributed by atoms with Gasteiger partial charge in [-0.15, -0.1) is 0 Å². The van der Waals surface area contributed by atoms with E-state index in [1.54, 1.807) is 0 Å². The van der Waals surface area contributed by atoms with Gasteiger partial charge >= 0.3 is 0 Å². The number of hydrogen-bond acceptors (Lipinski definition) is 3. The smallest absolute Gasteiger partial charge is 0.272 e. The minimum absolute atomic E-state index is 0.0231. The Hall–Kier alpha value is -2.63. The van der Waals surface area contributed by atoms with E-state index in [1.807, 2.05) is 0 Å². The number of carbonyl (C=O) groups is 1.